The maximum absolute atomic E-state index is 12.4. The van der Waals surface area contributed by atoms with Crippen molar-refractivity contribution in [1.29, 1.82) is 0 Å². The average Bonchev–Trinajstić information content (AvgIpc) is 2.45. The predicted molar refractivity (Wildman–Crippen MR) is 95.3 cm³/mol. The second-order valence-corrected chi connectivity index (χ2v) is 8.64. The van der Waals surface area contributed by atoms with Crippen LogP contribution in [0.3, 0.4) is 0 Å². The Morgan fingerprint density at radius 2 is 2.13 bits per heavy atom. The van der Waals surface area contributed by atoms with Crippen LogP contribution in [0.1, 0.15) is 30.1 Å². The SMILES string of the molecule is CC1(CNS(=O)(=O)c2cc(Br)cc(C(N)=O)c2)CCCNC1.Cl. The fourth-order valence-corrected chi connectivity index (χ4v) is 4.40. The van der Waals surface area contributed by atoms with E-state index in [0.29, 0.717) is 11.0 Å². The third kappa shape index (κ3) is 5.42. The number of nitrogens with one attached hydrogen (secondary N) is 2. The summed E-state index contributed by atoms with van der Waals surface area (Å²) in [5.41, 5.74) is 5.27. The van der Waals surface area contributed by atoms with Crippen LogP contribution < -0.4 is 15.8 Å². The van der Waals surface area contributed by atoms with Crippen molar-refractivity contribution in [3.8, 4) is 0 Å². The molecule has 0 saturated carbocycles. The summed E-state index contributed by atoms with van der Waals surface area (Å²) in [5, 5.41) is 3.28. The number of rotatable bonds is 5. The van der Waals surface area contributed by atoms with Gasteiger partial charge in [0.05, 0.1) is 4.90 Å². The number of carbonyl (C=O) groups is 1. The van der Waals surface area contributed by atoms with E-state index in [1.165, 1.54) is 18.2 Å². The van der Waals surface area contributed by atoms with Crippen LogP contribution in [0.4, 0.5) is 0 Å². The van der Waals surface area contributed by atoms with E-state index in [0.717, 1.165) is 25.9 Å². The lowest BCUT2D eigenvalue weighted by Gasteiger charge is -2.34. The minimum absolute atomic E-state index is 0. The summed E-state index contributed by atoms with van der Waals surface area (Å²) in [4.78, 5) is 11.3. The molecule has 0 aliphatic carbocycles. The van der Waals surface area contributed by atoms with Crippen LogP contribution in [0.25, 0.3) is 0 Å². The average molecular weight is 427 g/mol. The van der Waals surface area contributed by atoms with Crippen molar-refractivity contribution in [2.75, 3.05) is 19.6 Å². The van der Waals surface area contributed by atoms with Crippen molar-refractivity contribution in [2.45, 2.75) is 24.7 Å². The van der Waals surface area contributed by atoms with Gasteiger partial charge in [0.25, 0.3) is 0 Å². The van der Waals surface area contributed by atoms with E-state index in [2.05, 4.69) is 32.9 Å². The van der Waals surface area contributed by atoms with Gasteiger partial charge in [-0.15, -0.1) is 12.4 Å². The Balaban J connectivity index is 0.00000264. The topological polar surface area (TPSA) is 101 Å². The van der Waals surface area contributed by atoms with Gasteiger partial charge >= 0.3 is 0 Å². The van der Waals surface area contributed by atoms with Crippen LogP contribution in [0, 0.1) is 5.41 Å². The van der Waals surface area contributed by atoms with Gasteiger partial charge in [-0.3, -0.25) is 4.79 Å². The molecule has 1 amide bonds. The Morgan fingerprint density at radius 1 is 1.43 bits per heavy atom. The third-order valence-electron chi connectivity index (χ3n) is 3.84. The minimum Gasteiger partial charge on any atom is -0.366 e. The van der Waals surface area contributed by atoms with Crippen LogP contribution in [0.2, 0.25) is 0 Å². The monoisotopic (exact) mass is 425 g/mol. The molecule has 0 aromatic heterocycles. The van der Waals surface area contributed by atoms with Gasteiger partial charge in [0.15, 0.2) is 0 Å². The molecule has 23 heavy (non-hydrogen) atoms. The van der Waals surface area contributed by atoms with E-state index in [1.807, 2.05) is 0 Å². The highest BCUT2D eigenvalue weighted by atomic mass is 79.9. The van der Waals surface area contributed by atoms with Crippen LogP contribution >= 0.6 is 28.3 Å². The first-order valence-corrected chi connectivity index (χ1v) is 9.30. The summed E-state index contributed by atoms with van der Waals surface area (Å²) in [6, 6.07) is 4.24. The maximum Gasteiger partial charge on any atom is 0.248 e. The molecule has 1 aliphatic rings. The van der Waals surface area contributed by atoms with Crippen molar-refractivity contribution in [3.63, 3.8) is 0 Å². The van der Waals surface area contributed by atoms with Crippen molar-refractivity contribution in [3.05, 3.63) is 28.2 Å². The van der Waals surface area contributed by atoms with E-state index in [9.17, 15) is 13.2 Å². The van der Waals surface area contributed by atoms with Gasteiger partial charge in [0.1, 0.15) is 0 Å². The van der Waals surface area contributed by atoms with Gasteiger partial charge in [0.2, 0.25) is 15.9 Å². The minimum atomic E-state index is -3.69. The van der Waals surface area contributed by atoms with E-state index in [-0.39, 0.29) is 28.3 Å². The summed E-state index contributed by atoms with van der Waals surface area (Å²) in [6.45, 7) is 4.15. The van der Waals surface area contributed by atoms with Crippen LogP contribution in [-0.4, -0.2) is 34.0 Å². The molecule has 1 fully saturated rings. The molecule has 1 atom stereocenters. The molecule has 1 aromatic rings. The summed E-state index contributed by atoms with van der Waals surface area (Å²) >= 11 is 3.20. The third-order valence-corrected chi connectivity index (χ3v) is 5.68. The van der Waals surface area contributed by atoms with Crippen molar-refractivity contribution >= 4 is 44.3 Å². The first kappa shape index (κ1) is 20.4. The largest absolute Gasteiger partial charge is 0.366 e. The molecule has 130 valence electrons. The van der Waals surface area contributed by atoms with E-state index in [4.69, 9.17) is 5.73 Å². The quantitative estimate of drug-likeness (QED) is 0.666. The molecule has 1 unspecified atom stereocenters. The number of primary amides is 1. The zero-order valence-corrected chi connectivity index (χ0v) is 16.0. The number of halogens is 2. The zero-order chi connectivity index (χ0) is 16.4. The van der Waals surface area contributed by atoms with E-state index < -0.39 is 15.9 Å². The molecule has 1 heterocycles. The normalized spacial score (nSPS) is 21.5. The maximum atomic E-state index is 12.4. The molecular weight excluding hydrogens is 406 g/mol. The predicted octanol–water partition coefficient (Wildman–Crippen LogP) is 1.64. The van der Waals surface area contributed by atoms with Crippen molar-refractivity contribution in [2.24, 2.45) is 11.1 Å². The van der Waals surface area contributed by atoms with Crippen LogP contribution in [0.15, 0.2) is 27.6 Å². The number of sulfonamides is 1. The number of nitrogens with two attached hydrogens (primary N) is 1. The number of hydrogen-bond acceptors (Lipinski definition) is 4. The van der Waals surface area contributed by atoms with Gasteiger partial charge < -0.3 is 11.1 Å². The van der Waals surface area contributed by atoms with E-state index >= 15 is 0 Å². The Labute approximate surface area is 151 Å². The summed E-state index contributed by atoms with van der Waals surface area (Å²) in [5.74, 6) is -0.666. The van der Waals surface area contributed by atoms with Crippen LogP contribution in [0.5, 0.6) is 0 Å². The van der Waals surface area contributed by atoms with E-state index in [1.54, 1.807) is 0 Å². The lowest BCUT2D eigenvalue weighted by atomic mass is 9.83. The van der Waals surface area contributed by atoms with Crippen LogP contribution in [-0.2, 0) is 10.0 Å². The van der Waals surface area contributed by atoms with Crippen molar-refractivity contribution in [1.82, 2.24) is 10.0 Å². The number of carbonyl (C=O) groups excluding carboxylic acids is 1. The first-order chi connectivity index (χ1) is 10.2. The highest BCUT2D eigenvalue weighted by Gasteiger charge is 2.29. The second-order valence-electron chi connectivity index (χ2n) is 5.96. The molecule has 6 nitrogen and oxygen atoms in total. The lowest BCUT2D eigenvalue weighted by molar-refractivity contribution is 0.1000. The number of amides is 1. The molecule has 0 bridgehead atoms. The second kappa shape index (κ2) is 7.94. The highest BCUT2D eigenvalue weighted by molar-refractivity contribution is 9.10. The van der Waals surface area contributed by atoms with Gasteiger partial charge in [-0.25, -0.2) is 13.1 Å². The fourth-order valence-electron chi connectivity index (χ4n) is 2.48. The first-order valence-electron chi connectivity index (χ1n) is 7.03. The summed E-state index contributed by atoms with van der Waals surface area (Å²) in [6.07, 6.45) is 1.99. The molecule has 1 aromatic carbocycles. The lowest BCUT2D eigenvalue weighted by Crippen LogP contribution is -2.45. The Bertz CT molecular complexity index is 676. The molecule has 1 saturated heterocycles. The molecule has 4 N–H and O–H groups in total. The van der Waals surface area contributed by atoms with Gasteiger partial charge in [0, 0.05) is 23.1 Å². The number of piperidine rings is 1. The number of hydrogen-bond donors (Lipinski definition) is 3. The molecule has 0 spiro atoms. The number of benzene rings is 1. The molecule has 0 radical (unpaired) electrons. The molecular formula is C14H21BrClN3O3S. The molecule has 2 rings (SSSR count). The Morgan fingerprint density at radius 3 is 2.70 bits per heavy atom. The smallest absolute Gasteiger partial charge is 0.248 e. The fraction of sp³-hybridized carbons (Fsp3) is 0.500. The van der Waals surface area contributed by atoms with Gasteiger partial charge in [-0.2, -0.15) is 0 Å². The van der Waals surface area contributed by atoms with Gasteiger partial charge in [-0.1, -0.05) is 22.9 Å². The zero-order valence-electron chi connectivity index (χ0n) is 12.8. The van der Waals surface area contributed by atoms with Gasteiger partial charge in [-0.05, 0) is 43.0 Å². The Kier molecular flexibility index (Phi) is 7.03. The molecule has 1 aliphatic heterocycles. The summed E-state index contributed by atoms with van der Waals surface area (Å²) < 4.78 is 28.0. The highest BCUT2D eigenvalue weighted by Crippen LogP contribution is 2.25. The Hall–Kier alpha value is -0.670. The van der Waals surface area contributed by atoms with Crippen molar-refractivity contribution < 1.29 is 13.2 Å². The summed E-state index contributed by atoms with van der Waals surface area (Å²) in [7, 11) is -3.69. The standard InChI is InChI=1S/C14H20BrN3O3S.ClH/c1-14(3-2-4-17-8-14)9-18-22(20,21)12-6-10(13(16)19)5-11(15)7-12;/h5-7,17-18H,2-4,8-9H2,1H3,(H2,16,19);1H. The molecule has 9 heteroatoms.